The molecule has 22 heavy (non-hydrogen) atoms. The van der Waals surface area contributed by atoms with Crippen molar-refractivity contribution < 1.29 is 9.53 Å². The van der Waals surface area contributed by atoms with Gasteiger partial charge in [-0.1, -0.05) is 23.7 Å². The zero-order valence-corrected chi connectivity index (χ0v) is 13.1. The highest BCUT2D eigenvalue weighted by Crippen LogP contribution is 2.26. The molecule has 0 saturated carbocycles. The van der Waals surface area contributed by atoms with Crippen LogP contribution in [0.4, 0.5) is 5.82 Å². The first kappa shape index (κ1) is 16.0. The molecule has 2 rings (SSSR count). The number of hydrogen-bond acceptors (Lipinski definition) is 5. The number of nitrogens with one attached hydrogen (secondary N) is 2. The largest absolute Gasteiger partial charge is 0.497 e. The number of nitrogens with zero attached hydrogens (tertiary/aromatic N) is 1. The van der Waals surface area contributed by atoms with E-state index in [2.05, 4.69) is 10.3 Å². The fourth-order valence-corrected chi connectivity index (χ4v) is 2.35. The van der Waals surface area contributed by atoms with Gasteiger partial charge in [-0.15, -0.1) is 0 Å². The second-order valence-electron chi connectivity index (χ2n) is 4.65. The van der Waals surface area contributed by atoms with Crippen LogP contribution in [0, 0.1) is 12.3 Å². The normalized spacial score (nSPS) is 10.1. The Kier molecular flexibility index (Phi) is 5.12. The van der Waals surface area contributed by atoms with Gasteiger partial charge in [-0.3, -0.25) is 4.79 Å². The van der Waals surface area contributed by atoms with Gasteiger partial charge in [0, 0.05) is 12.8 Å². The van der Waals surface area contributed by atoms with Crippen LogP contribution in [0.3, 0.4) is 0 Å². The summed E-state index contributed by atoms with van der Waals surface area (Å²) in [5.74, 6) is 1.27. The van der Waals surface area contributed by atoms with Crippen molar-refractivity contribution in [3.8, 4) is 5.75 Å². The second kappa shape index (κ2) is 7.04. The average Bonchev–Trinajstić information content (AvgIpc) is 2.53. The first-order valence-corrected chi connectivity index (χ1v) is 7.01. The highest BCUT2D eigenvalue weighted by molar-refractivity contribution is 6.36. The van der Waals surface area contributed by atoms with Crippen molar-refractivity contribution in [3.05, 3.63) is 51.7 Å². The third kappa shape index (κ3) is 3.26. The van der Waals surface area contributed by atoms with Gasteiger partial charge in [0.2, 0.25) is 0 Å². The third-order valence-corrected chi connectivity index (χ3v) is 3.69. The average molecular weight is 318 g/mol. The van der Waals surface area contributed by atoms with Crippen LogP contribution in [0.5, 0.6) is 5.75 Å². The maximum absolute atomic E-state index is 11.0. The number of carbonyl (C=O) groups is 1. The standard InChI is InChI=1S/C16H16ClN3O2/c1-10-14(9-21)15(17)13(7-18)16(20-10)19-8-11-3-5-12(22-2)6-4-11/h3-7,9,18H,8H2,1-2H3,(H,19,20). The molecule has 1 aromatic carbocycles. The summed E-state index contributed by atoms with van der Waals surface area (Å²) in [5.41, 5.74) is 2.28. The van der Waals surface area contributed by atoms with Crippen LogP contribution in [0.2, 0.25) is 5.02 Å². The van der Waals surface area contributed by atoms with Crippen molar-refractivity contribution in [1.29, 1.82) is 5.41 Å². The maximum Gasteiger partial charge on any atom is 0.153 e. The van der Waals surface area contributed by atoms with Gasteiger partial charge in [0.15, 0.2) is 6.29 Å². The van der Waals surface area contributed by atoms with Gasteiger partial charge < -0.3 is 15.5 Å². The number of rotatable bonds is 6. The molecule has 0 fully saturated rings. The van der Waals surface area contributed by atoms with Crippen LogP contribution in [0.15, 0.2) is 24.3 Å². The Labute approximate surface area is 133 Å². The molecule has 2 N–H and O–H groups in total. The molecule has 0 atom stereocenters. The molecule has 0 aliphatic carbocycles. The van der Waals surface area contributed by atoms with Crippen LogP contribution >= 0.6 is 11.6 Å². The summed E-state index contributed by atoms with van der Waals surface area (Å²) in [5, 5.41) is 10.9. The SMILES string of the molecule is COc1ccc(CNc2nc(C)c(C=O)c(Cl)c2C=N)cc1. The van der Waals surface area contributed by atoms with Crippen molar-refractivity contribution in [2.24, 2.45) is 0 Å². The van der Waals surface area contributed by atoms with Crippen molar-refractivity contribution in [2.75, 3.05) is 12.4 Å². The van der Waals surface area contributed by atoms with Crippen LogP contribution < -0.4 is 10.1 Å². The summed E-state index contributed by atoms with van der Waals surface area (Å²) in [6.45, 7) is 2.23. The highest BCUT2D eigenvalue weighted by atomic mass is 35.5. The molecule has 2 aromatic rings. The fourth-order valence-electron chi connectivity index (χ4n) is 2.03. The molecule has 0 radical (unpaired) electrons. The minimum Gasteiger partial charge on any atom is -0.497 e. The molecule has 1 aromatic heterocycles. The Bertz CT molecular complexity index is 700. The lowest BCUT2D eigenvalue weighted by molar-refractivity contribution is 0.112. The number of methoxy groups -OCH3 is 1. The maximum atomic E-state index is 11.0. The zero-order chi connectivity index (χ0) is 16.1. The lowest BCUT2D eigenvalue weighted by Gasteiger charge is -2.13. The predicted octanol–water partition coefficient (Wildman–Crippen LogP) is 3.47. The Morgan fingerprint density at radius 3 is 2.55 bits per heavy atom. The van der Waals surface area contributed by atoms with E-state index in [-0.39, 0.29) is 5.02 Å². The van der Waals surface area contributed by atoms with Crippen molar-refractivity contribution in [2.45, 2.75) is 13.5 Å². The number of benzene rings is 1. The summed E-state index contributed by atoms with van der Waals surface area (Å²) in [6, 6.07) is 7.61. The molecule has 6 heteroatoms. The Morgan fingerprint density at radius 1 is 1.32 bits per heavy atom. The first-order valence-electron chi connectivity index (χ1n) is 6.63. The first-order chi connectivity index (χ1) is 10.6. The number of carbonyl (C=O) groups excluding carboxylic acids is 1. The van der Waals surface area contributed by atoms with Gasteiger partial charge >= 0.3 is 0 Å². The van der Waals surface area contributed by atoms with Crippen molar-refractivity contribution in [3.63, 3.8) is 0 Å². The van der Waals surface area contributed by atoms with E-state index in [0.29, 0.717) is 35.5 Å². The molecule has 5 nitrogen and oxygen atoms in total. The number of pyridine rings is 1. The number of aryl methyl sites for hydroxylation is 1. The third-order valence-electron chi connectivity index (χ3n) is 3.28. The van der Waals surface area contributed by atoms with E-state index in [4.69, 9.17) is 21.7 Å². The number of aromatic nitrogens is 1. The Balaban J connectivity index is 2.25. The van der Waals surface area contributed by atoms with Gasteiger partial charge in [0.05, 0.1) is 29.0 Å². The fraction of sp³-hybridized carbons (Fsp3) is 0.188. The summed E-state index contributed by atoms with van der Waals surface area (Å²) in [6.07, 6.45) is 1.75. The topological polar surface area (TPSA) is 75.1 Å². The molecule has 0 aliphatic rings. The quantitative estimate of drug-likeness (QED) is 0.632. The van der Waals surface area contributed by atoms with Gasteiger partial charge in [-0.2, -0.15) is 0 Å². The lowest BCUT2D eigenvalue weighted by Crippen LogP contribution is -2.08. The van der Waals surface area contributed by atoms with E-state index in [0.717, 1.165) is 17.5 Å². The molecule has 0 spiro atoms. The number of hydrogen-bond donors (Lipinski definition) is 2. The Morgan fingerprint density at radius 2 is 2.00 bits per heavy atom. The van der Waals surface area contributed by atoms with Crippen LogP contribution in [-0.4, -0.2) is 24.6 Å². The number of halogens is 1. The van der Waals surface area contributed by atoms with E-state index < -0.39 is 0 Å². The Hall–Kier alpha value is -2.40. The molecule has 0 bridgehead atoms. The summed E-state index contributed by atoms with van der Waals surface area (Å²) < 4.78 is 5.11. The number of ether oxygens (including phenoxy) is 1. The summed E-state index contributed by atoms with van der Waals surface area (Å²) >= 11 is 6.16. The van der Waals surface area contributed by atoms with E-state index in [9.17, 15) is 4.79 Å². The molecule has 0 saturated heterocycles. The smallest absolute Gasteiger partial charge is 0.153 e. The van der Waals surface area contributed by atoms with Gasteiger partial charge in [-0.25, -0.2) is 4.98 Å². The lowest BCUT2D eigenvalue weighted by atomic mass is 10.1. The van der Waals surface area contributed by atoms with Gasteiger partial charge in [0.1, 0.15) is 11.6 Å². The minimum atomic E-state index is 0.245. The zero-order valence-electron chi connectivity index (χ0n) is 12.3. The van der Waals surface area contributed by atoms with E-state index in [1.165, 1.54) is 0 Å². The summed E-state index contributed by atoms with van der Waals surface area (Å²) in [4.78, 5) is 15.4. The van der Waals surface area contributed by atoms with E-state index in [1.807, 2.05) is 24.3 Å². The van der Waals surface area contributed by atoms with Gasteiger partial charge in [0.25, 0.3) is 0 Å². The van der Waals surface area contributed by atoms with Gasteiger partial charge in [-0.05, 0) is 24.6 Å². The molecular weight excluding hydrogens is 302 g/mol. The molecular formula is C16H16ClN3O2. The minimum absolute atomic E-state index is 0.245. The monoisotopic (exact) mass is 317 g/mol. The second-order valence-corrected chi connectivity index (χ2v) is 5.03. The molecule has 0 aliphatic heterocycles. The number of anilines is 1. The van der Waals surface area contributed by atoms with E-state index >= 15 is 0 Å². The molecule has 0 amide bonds. The highest BCUT2D eigenvalue weighted by Gasteiger charge is 2.14. The number of aldehydes is 1. The molecule has 114 valence electrons. The summed E-state index contributed by atoms with van der Waals surface area (Å²) in [7, 11) is 1.62. The van der Waals surface area contributed by atoms with Crippen molar-refractivity contribution >= 4 is 29.9 Å². The van der Waals surface area contributed by atoms with E-state index in [1.54, 1.807) is 14.0 Å². The van der Waals surface area contributed by atoms with Crippen LogP contribution in [-0.2, 0) is 6.54 Å². The molecule has 0 unspecified atom stereocenters. The van der Waals surface area contributed by atoms with Crippen LogP contribution in [0.1, 0.15) is 27.2 Å². The van der Waals surface area contributed by atoms with Crippen molar-refractivity contribution in [1.82, 2.24) is 4.98 Å². The predicted molar refractivity (Wildman–Crippen MR) is 87.6 cm³/mol. The van der Waals surface area contributed by atoms with Crippen LogP contribution in [0.25, 0.3) is 0 Å². The molecule has 1 heterocycles.